The molecule has 0 radical (unpaired) electrons. The SMILES string of the molecule is O=C(CC1CCOCC1)N1CCC2(CC1)CN(c1cccc(F)c1)C(=O)CO2. The molecule has 3 saturated heterocycles. The second-order valence-electron chi connectivity index (χ2n) is 8.07. The molecule has 3 fully saturated rings. The van der Waals surface area contributed by atoms with Crippen LogP contribution in [0, 0.1) is 11.7 Å². The van der Waals surface area contributed by atoms with Crippen LogP contribution in [0.3, 0.4) is 0 Å². The molecule has 1 aromatic carbocycles. The number of rotatable bonds is 3. The van der Waals surface area contributed by atoms with Gasteiger partial charge < -0.3 is 19.3 Å². The number of hydrogen-bond acceptors (Lipinski definition) is 4. The van der Waals surface area contributed by atoms with Gasteiger partial charge in [0.05, 0.1) is 12.1 Å². The average Bonchev–Trinajstić information content (AvgIpc) is 2.71. The van der Waals surface area contributed by atoms with Gasteiger partial charge in [0.2, 0.25) is 5.91 Å². The van der Waals surface area contributed by atoms with Crippen molar-refractivity contribution in [3.8, 4) is 0 Å². The third-order valence-electron chi connectivity index (χ3n) is 6.20. The zero-order valence-corrected chi connectivity index (χ0v) is 16.1. The van der Waals surface area contributed by atoms with Gasteiger partial charge in [-0.1, -0.05) is 6.07 Å². The van der Waals surface area contributed by atoms with Crippen LogP contribution in [0.2, 0.25) is 0 Å². The number of halogens is 1. The van der Waals surface area contributed by atoms with Crippen LogP contribution < -0.4 is 4.90 Å². The number of nitrogens with zero attached hydrogens (tertiary/aromatic N) is 2. The van der Waals surface area contributed by atoms with Crippen LogP contribution in [-0.4, -0.2) is 61.8 Å². The van der Waals surface area contributed by atoms with Crippen molar-refractivity contribution < 1.29 is 23.5 Å². The van der Waals surface area contributed by atoms with Gasteiger partial charge in [0.25, 0.3) is 5.91 Å². The Labute approximate surface area is 164 Å². The number of anilines is 1. The summed E-state index contributed by atoms with van der Waals surface area (Å²) in [6, 6.07) is 6.10. The molecule has 1 aromatic rings. The second kappa shape index (κ2) is 8.17. The first-order chi connectivity index (χ1) is 13.5. The molecule has 0 unspecified atom stereocenters. The molecule has 0 aromatic heterocycles. The Morgan fingerprint density at radius 3 is 2.68 bits per heavy atom. The lowest BCUT2D eigenvalue weighted by molar-refractivity contribution is -0.151. The molecular weight excluding hydrogens is 363 g/mol. The Balaban J connectivity index is 1.36. The van der Waals surface area contributed by atoms with Gasteiger partial charge in [-0.2, -0.15) is 0 Å². The predicted octanol–water partition coefficient (Wildman–Crippen LogP) is 2.37. The average molecular weight is 390 g/mol. The molecule has 0 aliphatic carbocycles. The van der Waals surface area contributed by atoms with Crippen molar-refractivity contribution in [2.75, 3.05) is 44.4 Å². The van der Waals surface area contributed by atoms with E-state index in [1.807, 2.05) is 4.90 Å². The highest BCUT2D eigenvalue weighted by molar-refractivity contribution is 5.95. The smallest absolute Gasteiger partial charge is 0.253 e. The molecule has 4 rings (SSSR count). The molecule has 28 heavy (non-hydrogen) atoms. The highest BCUT2D eigenvalue weighted by Gasteiger charge is 2.43. The molecule has 152 valence electrons. The summed E-state index contributed by atoms with van der Waals surface area (Å²) in [5, 5.41) is 0. The minimum absolute atomic E-state index is 0.00741. The van der Waals surface area contributed by atoms with Crippen molar-refractivity contribution in [2.24, 2.45) is 5.92 Å². The zero-order valence-electron chi connectivity index (χ0n) is 16.1. The molecule has 2 amide bonds. The first-order valence-corrected chi connectivity index (χ1v) is 10.1. The summed E-state index contributed by atoms with van der Waals surface area (Å²) in [6.45, 7) is 3.15. The molecule has 0 bridgehead atoms. The monoisotopic (exact) mass is 390 g/mol. The maximum atomic E-state index is 13.6. The summed E-state index contributed by atoms with van der Waals surface area (Å²) in [6.07, 6.45) is 3.87. The molecule has 3 aliphatic heterocycles. The Morgan fingerprint density at radius 2 is 1.96 bits per heavy atom. The highest BCUT2D eigenvalue weighted by Crippen LogP contribution is 2.33. The number of piperidine rings is 1. The molecule has 3 aliphatic rings. The predicted molar refractivity (Wildman–Crippen MR) is 101 cm³/mol. The number of carbonyl (C=O) groups is 2. The Bertz CT molecular complexity index is 727. The summed E-state index contributed by atoms with van der Waals surface area (Å²) in [4.78, 5) is 28.5. The molecule has 1 spiro atoms. The fourth-order valence-electron chi connectivity index (χ4n) is 4.39. The molecule has 0 atom stereocenters. The second-order valence-corrected chi connectivity index (χ2v) is 8.07. The summed E-state index contributed by atoms with van der Waals surface area (Å²) in [5.74, 6) is 0.105. The van der Waals surface area contributed by atoms with Crippen LogP contribution in [0.25, 0.3) is 0 Å². The van der Waals surface area contributed by atoms with Crippen LogP contribution in [-0.2, 0) is 19.1 Å². The van der Waals surface area contributed by atoms with Gasteiger partial charge in [-0.25, -0.2) is 4.39 Å². The van der Waals surface area contributed by atoms with E-state index in [4.69, 9.17) is 9.47 Å². The lowest BCUT2D eigenvalue weighted by Crippen LogP contribution is -2.59. The third kappa shape index (κ3) is 4.20. The number of amides is 2. The third-order valence-corrected chi connectivity index (χ3v) is 6.20. The quantitative estimate of drug-likeness (QED) is 0.795. The number of morpholine rings is 1. The van der Waals surface area contributed by atoms with Crippen molar-refractivity contribution in [1.82, 2.24) is 4.90 Å². The maximum absolute atomic E-state index is 13.6. The van der Waals surface area contributed by atoms with E-state index in [-0.39, 0.29) is 24.2 Å². The minimum Gasteiger partial charge on any atom is -0.381 e. The zero-order chi connectivity index (χ0) is 19.6. The van der Waals surface area contributed by atoms with Crippen LogP contribution in [0.1, 0.15) is 32.1 Å². The van der Waals surface area contributed by atoms with Crippen LogP contribution in [0.15, 0.2) is 24.3 Å². The topological polar surface area (TPSA) is 59.1 Å². The minimum atomic E-state index is -0.463. The van der Waals surface area contributed by atoms with E-state index in [1.54, 1.807) is 17.0 Å². The molecule has 6 nitrogen and oxygen atoms in total. The van der Waals surface area contributed by atoms with Gasteiger partial charge in [0, 0.05) is 38.4 Å². The number of ether oxygens (including phenoxy) is 2. The van der Waals surface area contributed by atoms with E-state index < -0.39 is 5.60 Å². The van der Waals surface area contributed by atoms with Crippen molar-refractivity contribution in [3.05, 3.63) is 30.1 Å². The summed E-state index contributed by atoms with van der Waals surface area (Å²) in [5.41, 5.74) is 0.0982. The fourth-order valence-corrected chi connectivity index (χ4v) is 4.39. The molecule has 7 heteroatoms. The van der Waals surface area contributed by atoms with Crippen molar-refractivity contribution >= 4 is 17.5 Å². The van der Waals surface area contributed by atoms with Crippen molar-refractivity contribution in [3.63, 3.8) is 0 Å². The Morgan fingerprint density at radius 1 is 1.21 bits per heavy atom. The van der Waals surface area contributed by atoms with E-state index in [1.165, 1.54) is 12.1 Å². The normalized spacial score (nSPS) is 23.2. The lowest BCUT2D eigenvalue weighted by atomic mass is 9.88. The van der Waals surface area contributed by atoms with Crippen LogP contribution >= 0.6 is 0 Å². The van der Waals surface area contributed by atoms with Gasteiger partial charge in [-0.3, -0.25) is 9.59 Å². The van der Waals surface area contributed by atoms with Gasteiger partial charge in [0.1, 0.15) is 12.4 Å². The van der Waals surface area contributed by atoms with E-state index in [2.05, 4.69) is 0 Å². The van der Waals surface area contributed by atoms with E-state index in [0.29, 0.717) is 50.5 Å². The Hall–Kier alpha value is -1.99. The van der Waals surface area contributed by atoms with Gasteiger partial charge in [0.15, 0.2) is 0 Å². The van der Waals surface area contributed by atoms with Gasteiger partial charge in [-0.15, -0.1) is 0 Å². The number of carbonyl (C=O) groups excluding carboxylic acids is 2. The highest BCUT2D eigenvalue weighted by atomic mass is 19.1. The van der Waals surface area contributed by atoms with Crippen LogP contribution in [0.5, 0.6) is 0 Å². The lowest BCUT2D eigenvalue weighted by Gasteiger charge is -2.47. The Kier molecular flexibility index (Phi) is 5.64. The summed E-state index contributed by atoms with van der Waals surface area (Å²) >= 11 is 0. The van der Waals surface area contributed by atoms with Gasteiger partial charge in [-0.05, 0) is 49.8 Å². The maximum Gasteiger partial charge on any atom is 0.253 e. The van der Waals surface area contributed by atoms with E-state index in [0.717, 1.165) is 26.1 Å². The molecule has 0 saturated carbocycles. The summed E-state index contributed by atoms with van der Waals surface area (Å²) < 4.78 is 24.9. The fraction of sp³-hybridized carbons (Fsp3) is 0.619. The number of likely N-dealkylation sites (tertiary alicyclic amines) is 1. The largest absolute Gasteiger partial charge is 0.381 e. The molecule has 3 heterocycles. The summed E-state index contributed by atoms with van der Waals surface area (Å²) in [7, 11) is 0. The first-order valence-electron chi connectivity index (χ1n) is 10.1. The van der Waals surface area contributed by atoms with Crippen molar-refractivity contribution in [1.29, 1.82) is 0 Å². The number of hydrogen-bond donors (Lipinski definition) is 0. The standard InChI is InChI=1S/C21H27FN2O4/c22-17-2-1-3-18(13-17)24-15-21(28-14-20(24)26)6-8-23(9-7-21)19(25)12-16-4-10-27-11-5-16/h1-3,13,16H,4-12,14-15H2. The molecular formula is C21H27FN2O4. The number of benzene rings is 1. The van der Waals surface area contributed by atoms with Crippen LogP contribution in [0.4, 0.5) is 10.1 Å². The first kappa shape index (κ1) is 19.3. The van der Waals surface area contributed by atoms with E-state index >= 15 is 0 Å². The van der Waals surface area contributed by atoms with E-state index in [9.17, 15) is 14.0 Å². The van der Waals surface area contributed by atoms with Crippen molar-refractivity contribution in [2.45, 2.75) is 37.7 Å². The van der Waals surface area contributed by atoms with Gasteiger partial charge >= 0.3 is 0 Å². The molecule has 0 N–H and O–H groups in total.